The van der Waals surface area contributed by atoms with Gasteiger partial charge in [0.1, 0.15) is 6.33 Å². The first kappa shape index (κ1) is 33.0. The molecule has 13 nitrogen and oxygen atoms in total. The van der Waals surface area contributed by atoms with E-state index in [4.69, 9.17) is 18.9 Å². The Balaban J connectivity index is 1.28. The Hall–Kier alpha value is -5.95. The van der Waals surface area contributed by atoms with Crippen molar-refractivity contribution < 1.29 is 32.1 Å². The molecule has 5 aromatic rings. The van der Waals surface area contributed by atoms with Crippen molar-refractivity contribution in [2.24, 2.45) is 0 Å². The van der Waals surface area contributed by atoms with Crippen LogP contribution in [-0.2, 0) is 12.7 Å². The summed E-state index contributed by atoms with van der Waals surface area (Å²) in [6.07, 6.45) is -3.39. The number of benzene rings is 3. The van der Waals surface area contributed by atoms with Gasteiger partial charge in [-0.25, -0.2) is 9.97 Å². The van der Waals surface area contributed by atoms with Crippen molar-refractivity contribution in [3.63, 3.8) is 0 Å². The van der Waals surface area contributed by atoms with Crippen molar-refractivity contribution in [1.29, 1.82) is 5.26 Å². The third-order valence-corrected chi connectivity index (χ3v) is 7.83. The summed E-state index contributed by atoms with van der Waals surface area (Å²) >= 11 is 0. The topological polar surface area (TPSA) is 144 Å². The lowest BCUT2D eigenvalue weighted by molar-refractivity contribution is -0.137. The van der Waals surface area contributed by atoms with Gasteiger partial charge in [0.25, 0.3) is 0 Å². The van der Waals surface area contributed by atoms with Gasteiger partial charge < -0.3 is 29.2 Å². The summed E-state index contributed by atoms with van der Waals surface area (Å²) in [5, 5.41) is 12.7. The monoisotopic (exact) mass is 673 g/mol. The lowest BCUT2D eigenvalue weighted by Crippen LogP contribution is -2.46. The minimum atomic E-state index is -4.74. The zero-order valence-corrected chi connectivity index (χ0v) is 26.7. The molecule has 0 atom stereocenters. The van der Waals surface area contributed by atoms with Gasteiger partial charge in [-0.05, 0) is 36.4 Å². The molecule has 1 N–H and O–H groups in total. The summed E-state index contributed by atoms with van der Waals surface area (Å²) in [5.41, 5.74) is 0.00179. The molecule has 0 amide bonds. The number of nitrogens with zero attached hydrogens (tertiary/aromatic N) is 8. The summed E-state index contributed by atoms with van der Waals surface area (Å²) in [6, 6.07) is 15.7. The van der Waals surface area contributed by atoms with E-state index < -0.39 is 17.3 Å². The number of ether oxygens (including phenoxy) is 4. The molecule has 6 rings (SSSR count). The molecule has 1 aliphatic heterocycles. The average Bonchev–Trinajstić information content (AvgIpc) is 3.11. The third kappa shape index (κ3) is 7.16. The zero-order valence-electron chi connectivity index (χ0n) is 26.7. The maximum Gasteiger partial charge on any atom is 0.417 e. The van der Waals surface area contributed by atoms with Gasteiger partial charge in [0, 0.05) is 44.0 Å². The fourth-order valence-electron chi connectivity index (χ4n) is 5.45. The molecule has 0 spiro atoms. The van der Waals surface area contributed by atoms with Gasteiger partial charge in [-0.1, -0.05) is 18.2 Å². The number of halogens is 3. The number of alkyl halides is 3. The van der Waals surface area contributed by atoms with E-state index in [9.17, 15) is 18.4 Å². The standard InChI is InChI=1S/C33H30F3N9O4/c1-46-26-11-9-21(27(47-2)28(26)48-3)18-44-12-14-45(15-13-44)31-41-30(40-22-10-8-20(17-37)24(16-22)33(34,35)36)42-32(43-31)49-29-23-6-4-5-7-25(23)38-19-39-29/h4-11,16,19H,12-15,18H2,1-3H3,(H,40,41,42,43). The highest BCUT2D eigenvalue weighted by Gasteiger charge is 2.34. The molecule has 0 aliphatic carbocycles. The minimum Gasteiger partial charge on any atom is -0.493 e. The fraction of sp³-hybridized carbons (Fsp3) is 0.273. The van der Waals surface area contributed by atoms with Crippen LogP contribution in [0.1, 0.15) is 16.7 Å². The van der Waals surface area contributed by atoms with Crippen LogP contribution in [0.5, 0.6) is 29.1 Å². The minimum absolute atomic E-state index is 0.0237. The van der Waals surface area contributed by atoms with Gasteiger partial charge in [0.05, 0.1) is 49.4 Å². The van der Waals surface area contributed by atoms with Gasteiger partial charge in [0.2, 0.25) is 23.5 Å². The van der Waals surface area contributed by atoms with Crippen molar-refractivity contribution in [2.45, 2.75) is 12.7 Å². The Bertz CT molecular complexity index is 2010. The molecule has 3 heterocycles. The molecule has 0 bridgehead atoms. The number of hydrogen-bond acceptors (Lipinski definition) is 13. The molecule has 0 radical (unpaired) electrons. The SMILES string of the molecule is COc1ccc(CN2CCN(c3nc(Nc4ccc(C#N)c(C(F)(F)F)c4)nc(Oc4ncnc5ccccc45)n3)CC2)c(OC)c1OC. The van der Waals surface area contributed by atoms with Crippen LogP contribution in [0.3, 0.4) is 0 Å². The van der Waals surface area contributed by atoms with Crippen LogP contribution in [0.2, 0.25) is 0 Å². The van der Waals surface area contributed by atoms with Crippen LogP contribution in [0.4, 0.5) is 30.8 Å². The molecule has 0 saturated carbocycles. The second kappa shape index (κ2) is 14.0. The highest BCUT2D eigenvalue weighted by Crippen LogP contribution is 2.40. The lowest BCUT2D eigenvalue weighted by atomic mass is 10.1. The van der Waals surface area contributed by atoms with E-state index in [1.165, 1.54) is 12.4 Å². The van der Waals surface area contributed by atoms with Crippen molar-refractivity contribution in [1.82, 2.24) is 29.8 Å². The number of anilines is 3. The van der Waals surface area contributed by atoms with Gasteiger partial charge in [-0.3, -0.25) is 4.90 Å². The summed E-state index contributed by atoms with van der Waals surface area (Å²) in [5.74, 6) is 2.05. The van der Waals surface area contributed by atoms with E-state index in [-0.39, 0.29) is 29.5 Å². The summed E-state index contributed by atoms with van der Waals surface area (Å²) in [6.45, 7) is 2.87. The Kier molecular flexibility index (Phi) is 9.44. The van der Waals surface area contributed by atoms with Crippen LogP contribution in [0.25, 0.3) is 10.9 Å². The van der Waals surface area contributed by atoms with Gasteiger partial charge in [-0.15, -0.1) is 0 Å². The Morgan fingerprint density at radius 2 is 1.65 bits per heavy atom. The first-order valence-corrected chi connectivity index (χ1v) is 15.0. The van der Waals surface area contributed by atoms with Crippen LogP contribution in [0.15, 0.2) is 60.9 Å². The number of nitriles is 1. The van der Waals surface area contributed by atoms with Crippen LogP contribution >= 0.6 is 0 Å². The summed E-state index contributed by atoms with van der Waals surface area (Å²) in [4.78, 5) is 26.1. The van der Waals surface area contributed by atoms with Crippen molar-refractivity contribution in [3.8, 4) is 35.2 Å². The molecule has 3 aromatic carbocycles. The molecule has 2 aromatic heterocycles. The van der Waals surface area contributed by atoms with E-state index >= 15 is 0 Å². The zero-order chi connectivity index (χ0) is 34.5. The molecule has 0 unspecified atom stereocenters. The largest absolute Gasteiger partial charge is 0.493 e. The molecule has 49 heavy (non-hydrogen) atoms. The summed E-state index contributed by atoms with van der Waals surface area (Å²) < 4.78 is 63.7. The van der Waals surface area contributed by atoms with Gasteiger partial charge in [0.15, 0.2) is 11.5 Å². The number of piperazine rings is 1. The molecular weight excluding hydrogens is 643 g/mol. The van der Waals surface area contributed by atoms with Crippen LogP contribution in [0, 0.1) is 11.3 Å². The van der Waals surface area contributed by atoms with Crippen molar-refractivity contribution >= 4 is 28.5 Å². The maximum absolute atomic E-state index is 13.7. The number of hydrogen-bond donors (Lipinski definition) is 1. The Morgan fingerprint density at radius 1 is 0.878 bits per heavy atom. The number of fused-ring (bicyclic) bond motifs is 1. The normalized spacial score (nSPS) is 13.5. The number of rotatable bonds is 10. The number of methoxy groups -OCH3 is 3. The smallest absolute Gasteiger partial charge is 0.417 e. The highest BCUT2D eigenvalue weighted by molar-refractivity contribution is 5.83. The van der Waals surface area contributed by atoms with Crippen LogP contribution in [-0.4, -0.2) is 77.3 Å². The number of para-hydroxylation sites is 1. The van der Waals surface area contributed by atoms with Crippen LogP contribution < -0.4 is 29.2 Å². The molecular formula is C33H30F3N9O4. The fourth-order valence-corrected chi connectivity index (χ4v) is 5.45. The quantitative estimate of drug-likeness (QED) is 0.197. The Morgan fingerprint density at radius 3 is 2.37 bits per heavy atom. The summed E-state index contributed by atoms with van der Waals surface area (Å²) in [7, 11) is 4.70. The number of nitrogens with one attached hydrogen (secondary N) is 1. The van der Waals surface area contributed by atoms with E-state index in [2.05, 4.69) is 35.1 Å². The molecule has 1 fully saturated rings. The average molecular weight is 674 g/mol. The lowest BCUT2D eigenvalue weighted by Gasteiger charge is -2.35. The molecule has 1 aliphatic rings. The Labute approximate surface area is 278 Å². The second-order valence-corrected chi connectivity index (χ2v) is 10.8. The predicted molar refractivity (Wildman–Crippen MR) is 172 cm³/mol. The highest BCUT2D eigenvalue weighted by atomic mass is 19.4. The van der Waals surface area contributed by atoms with Gasteiger partial charge >= 0.3 is 12.2 Å². The first-order chi connectivity index (χ1) is 23.7. The van der Waals surface area contributed by atoms with E-state index in [0.717, 1.165) is 17.7 Å². The van der Waals surface area contributed by atoms with E-state index in [1.807, 2.05) is 29.2 Å². The van der Waals surface area contributed by atoms with E-state index in [1.54, 1.807) is 39.5 Å². The van der Waals surface area contributed by atoms with Gasteiger partial charge in [-0.2, -0.15) is 33.4 Å². The first-order valence-electron chi connectivity index (χ1n) is 15.0. The predicted octanol–water partition coefficient (Wildman–Crippen LogP) is 5.59. The molecule has 1 saturated heterocycles. The van der Waals surface area contributed by atoms with Crippen molar-refractivity contribution in [2.75, 3.05) is 57.7 Å². The molecule has 252 valence electrons. The van der Waals surface area contributed by atoms with E-state index in [0.29, 0.717) is 60.9 Å². The number of aromatic nitrogens is 5. The van der Waals surface area contributed by atoms with Crippen molar-refractivity contribution in [3.05, 3.63) is 77.6 Å². The second-order valence-electron chi connectivity index (χ2n) is 10.8. The molecule has 16 heteroatoms. The third-order valence-electron chi connectivity index (χ3n) is 7.83. The maximum atomic E-state index is 13.7.